The van der Waals surface area contributed by atoms with E-state index in [4.69, 9.17) is 24.5 Å². The highest BCUT2D eigenvalue weighted by Crippen LogP contribution is 2.41. The van der Waals surface area contributed by atoms with E-state index in [0.717, 1.165) is 38.5 Å². The van der Waals surface area contributed by atoms with Crippen LogP contribution in [0.2, 0.25) is 0 Å². The smallest absolute Gasteiger partial charge is 0.455 e. The maximum absolute atomic E-state index is 13.4. The third-order valence-corrected chi connectivity index (χ3v) is 11.3. The molecule has 0 unspecified atom stereocenters. The monoisotopic (exact) mass is 824 g/mol. The van der Waals surface area contributed by atoms with Crippen LogP contribution >= 0.6 is 7.82 Å². The van der Waals surface area contributed by atoms with Crippen LogP contribution in [-0.2, 0) is 32.9 Å². The summed E-state index contributed by atoms with van der Waals surface area (Å²) >= 11 is 0. The molecule has 1 aliphatic heterocycles. The predicted octanol–water partition coefficient (Wildman–Crippen LogP) is 10.2. The summed E-state index contributed by atoms with van der Waals surface area (Å²) in [7, 11) is -4.92. The predicted molar refractivity (Wildman–Crippen MR) is 222 cm³/mol. The maximum Gasteiger partial charge on any atom is 0.469 e. The number of phosphoric ester groups is 1. The van der Waals surface area contributed by atoms with E-state index in [9.17, 15) is 23.9 Å². The van der Waals surface area contributed by atoms with Crippen LogP contribution < -0.4 is 5.73 Å². The first-order valence-electron chi connectivity index (χ1n) is 22.3. The molecule has 0 bridgehead atoms. The van der Waals surface area contributed by atoms with Gasteiger partial charge in [-0.2, -0.15) is 0 Å². The standard InChI is InChI=1S/C42H74N5O9P/c1-3-5-7-9-11-13-15-17-19-21-23-25-27-29-35(48)55-38-34(31-53-57(50,51)52)54-42(47-33-46-37-40(43)44-32-45-41(37)47)39(38)56-36(49)30-28-26-24-22-20-18-16-14-12-10-8-6-4-2/h32-34,38-39,42H,3-31H2,1-2H3,(H2,43,44,45)(H2,50,51,52)/t34-,38-,39-,42-/m1/s1. The Morgan fingerprint density at radius 2 is 1.09 bits per heavy atom. The normalized spacial score (nSPS) is 18.4. The van der Waals surface area contributed by atoms with Gasteiger partial charge in [0.2, 0.25) is 0 Å². The molecule has 1 aliphatic rings. The first kappa shape index (κ1) is 48.7. The molecule has 2 aromatic heterocycles. The first-order valence-corrected chi connectivity index (χ1v) is 23.8. The zero-order chi connectivity index (χ0) is 41.1. The van der Waals surface area contributed by atoms with Crippen molar-refractivity contribution < 1.29 is 42.7 Å². The van der Waals surface area contributed by atoms with Crippen molar-refractivity contribution in [2.24, 2.45) is 0 Å². The summed E-state index contributed by atoms with van der Waals surface area (Å²) in [6.07, 6.45) is 28.8. The molecule has 14 nitrogen and oxygen atoms in total. The fraction of sp³-hybridized carbons (Fsp3) is 0.833. The highest BCUT2D eigenvalue weighted by molar-refractivity contribution is 7.46. The molecule has 1 saturated heterocycles. The summed E-state index contributed by atoms with van der Waals surface area (Å²) in [5.41, 5.74) is 6.62. The molecule has 57 heavy (non-hydrogen) atoms. The Balaban J connectivity index is 1.54. The summed E-state index contributed by atoms with van der Waals surface area (Å²) in [5, 5.41) is 0. The average Bonchev–Trinajstić information content (AvgIpc) is 3.76. The van der Waals surface area contributed by atoms with Gasteiger partial charge in [-0.15, -0.1) is 0 Å². The minimum absolute atomic E-state index is 0.134. The van der Waals surface area contributed by atoms with E-state index in [0.29, 0.717) is 24.0 Å². The molecule has 0 amide bonds. The number of hydrogen-bond acceptors (Lipinski definition) is 11. The van der Waals surface area contributed by atoms with Gasteiger partial charge >= 0.3 is 19.8 Å². The van der Waals surface area contributed by atoms with Crippen LogP contribution in [0.4, 0.5) is 5.82 Å². The first-order chi connectivity index (χ1) is 27.6. The van der Waals surface area contributed by atoms with Crippen molar-refractivity contribution in [2.45, 2.75) is 218 Å². The Morgan fingerprint density at radius 1 is 0.667 bits per heavy atom. The summed E-state index contributed by atoms with van der Waals surface area (Å²) < 4.78 is 36.2. The van der Waals surface area contributed by atoms with Gasteiger partial charge in [-0.05, 0) is 12.8 Å². The molecule has 4 N–H and O–H groups in total. The number of imidazole rings is 1. The lowest BCUT2D eigenvalue weighted by Crippen LogP contribution is -2.41. The van der Waals surface area contributed by atoms with Gasteiger partial charge in [-0.3, -0.25) is 18.7 Å². The summed E-state index contributed by atoms with van der Waals surface area (Å²) in [6.45, 7) is 3.86. The Labute approximate surface area is 341 Å². The molecule has 0 radical (unpaired) electrons. The van der Waals surface area contributed by atoms with E-state index in [2.05, 4.69) is 28.8 Å². The van der Waals surface area contributed by atoms with Crippen molar-refractivity contribution in [3.05, 3.63) is 12.7 Å². The molecule has 0 aromatic carbocycles. The number of esters is 2. The topological polar surface area (TPSA) is 198 Å². The number of anilines is 1. The number of carbonyl (C=O) groups excluding carboxylic acids is 2. The minimum Gasteiger partial charge on any atom is -0.455 e. The number of unbranched alkanes of at least 4 members (excludes halogenated alkanes) is 24. The zero-order valence-corrected chi connectivity index (χ0v) is 35.9. The number of nitrogens with two attached hydrogens (primary N) is 1. The maximum atomic E-state index is 13.4. The molecule has 4 atom stereocenters. The number of nitrogen functional groups attached to an aromatic ring is 1. The molecule has 3 rings (SSSR count). The van der Waals surface area contributed by atoms with Crippen LogP contribution in [0.1, 0.15) is 200 Å². The Bertz CT molecular complexity index is 1440. The van der Waals surface area contributed by atoms with Crippen molar-refractivity contribution in [3.63, 3.8) is 0 Å². The SMILES string of the molecule is CCCCCCCCCCCCCCCC(=O)O[C@@H]1[C@H](OC(=O)CCCCCCCCCCCCCCC)[C@@H](COP(=O)(O)O)O[C@H]1n1cnc2c(N)ncnc21. The van der Waals surface area contributed by atoms with E-state index < -0.39 is 50.9 Å². The Kier molecular flexibility index (Phi) is 24.6. The number of ether oxygens (including phenoxy) is 3. The molecule has 0 saturated carbocycles. The molecular weight excluding hydrogens is 749 g/mol. The fourth-order valence-corrected chi connectivity index (χ4v) is 7.90. The van der Waals surface area contributed by atoms with Gasteiger partial charge in [0.15, 0.2) is 29.9 Å². The van der Waals surface area contributed by atoms with Crippen LogP contribution in [0.5, 0.6) is 0 Å². The summed E-state index contributed by atoms with van der Waals surface area (Å²) in [5.74, 6) is -0.882. The lowest BCUT2D eigenvalue weighted by molar-refractivity contribution is -0.168. The van der Waals surface area contributed by atoms with E-state index in [-0.39, 0.29) is 18.7 Å². The van der Waals surface area contributed by atoms with Crippen LogP contribution in [0.3, 0.4) is 0 Å². The highest BCUT2D eigenvalue weighted by atomic mass is 31.2. The number of hydrogen-bond donors (Lipinski definition) is 3. The summed E-state index contributed by atoms with van der Waals surface area (Å²) in [6, 6.07) is 0. The third-order valence-electron chi connectivity index (χ3n) is 10.9. The average molecular weight is 824 g/mol. The van der Waals surface area contributed by atoms with E-state index in [1.807, 2.05) is 0 Å². The molecule has 1 fully saturated rings. The molecule has 326 valence electrons. The quantitative estimate of drug-likeness (QED) is 0.0343. The zero-order valence-electron chi connectivity index (χ0n) is 35.0. The van der Waals surface area contributed by atoms with E-state index >= 15 is 0 Å². The second-order valence-electron chi connectivity index (χ2n) is 15.8. The number of rotatable bonds is 34. The van der Waals surface area contributed by atoms with Gasteiger partial charge in [-0.25, -0.2) is 19.5 Å². The number of phosphoric acid groups is 1. The van der Waals surface area contributed by atoms with Crippen molar-refractivity contribution in [3.8, 4) is 0 Å². The van der Waals surface area contributed by atoms with Gasteiger partial charge < -0.3 is 29.7 Å². The fourth-order valence-electron chi connectivity index (χ4n) is 7.56. The molecule has 0 aliphatic carbocycles. The van der Waals surface area contributed by atoms with Gasteiger partial charge in [0.1, 0.15) is 17.9 Å². The number of carbonyl (C=O) groups is 2. The third kappa shape index (κ3) is 19.8. The molecule has 3 heterocycles. The van der Waals surface area contributed by atoms with Gasteiger partial charge in [0.25, 0.3) is 0 Å². The summed E-state index contributed by atoms with van der Waals surface area (Å²) in [4.78, 5) is 58.2. The van der Waals surface area contributed by atoms with E-state index in [1.165, 1.54) is 133 Å². The van der Waals surface area contributed by atoms with Crippen molar-refractivity contribution in [1.29, 1.82) is 0 Å². The van der Waals surface area contributed by atoms with Crippen molar-refractivity contribution >= 4 is 36.7 Å². The van der Waals surface area contributed by atoms with E-state index in [1.54, 1.807) is 0 Å². The van der Waals surface area contributed by atoms with Crippen molar-refractivity contribution in [1.82, 2.24) is 19.5 Å². The van der Waals surface area contributed by atoms with Crippen LogP contribution in [0, 0.1) is 0 Å². The van der Waals surface area contributed by atoms with Crippen molar-refractivity contribution in [2.75, 3.05) is 12.3 Å². The van der Waals surface area contributed by atoms with Crippen LogP contribution in [-0.4, -0.2) is 66.2 Å². The second-order valence-corrected chi connectivity index (χ2v) is 17.1. The molecule has 0 spiro atoms. The van der Waals surface area contributed by atoms with Crippen LogP contribution in [0.25, 0.3) is 11.2 Å². The van der Waals surface area contributed by atoms with Gasteiger partial charge in [-0.1, -0.05) is 168 Å². The molecule has 2 aromatic rings. The molecular formula is C42H74N5O9P. The highest BCUT2D eigenvalue weighted by Gasteiger charge is 2.51. The largest absolute Gasteiger partial charge is 0.469 e. The number of fused-ring (bicyclic) bond motifs is 1. The van der Waals surface area contributed by atoms with Crippen LogP contribution in [0.15, 0.2) is 12.7 Å². The lowest BCUT2D eigenvalue weighted by atomic mass is 10.0. The molecule has 15 heteroatoms. The Morgan fingerprint density at radius 3 is 1.53 bits per heavy atom. The minimum atomic E-state index is -4.92. The Hall–Kier alpha value is -2.64. The van der Waals surface area contributed by atoms with Gasteiger partial charge in [0.05, 0.1) is 12.9 Å². The number of aromatic nitrogens is 4. The van der Waals surface area contributed by atoms with Gasteiger partial charge in [0, 0.05) is 12.8 Å². The second kappa shape index (κ2) is 28.7. The lowest BCUT2D eigenvalue weighted by Gasteiger charge is -2.25. The number of nitrogens with zero attached hydrogens (tertiary/aromatic N) is 4.